The molecule has 0 saturated heterocycles. The molecule has 1 nitrogen and oxygen atoms in total. The van der Waals surface area contributed by atoms with Crippen molar-refractivity contribution in [3.05, 3.63) is 0 Å². The van der Waals surface area contributed by atoms with Crippen molar-refractivity contribution in [3.8, 4) is 0 Å². The molecule has 1 saturated carbocycles. The van der Waals surface area contributed by atoms with Gasteiger partial charge in [0, 0.05) is 12.3 Å². The summed E-state index contributed by atoms with van der Waals surface area (Å²) in [5, 5.41) is 0. The van der Waals surface area contributed by atoms with E-state index in [1.807, 2.05) is 0 Å². The van der Waals surface area contributed by atoms with Crippen LogP contribution in [0.15, 0.2) is 0 Å². The van der Waals surface area contributed by atoms with Crippen molar-refractivity contribution in [3.63, 3.8) is 0 Å². The first-order chi connectivity index (χ1) is 6.02. The van der Waals surface area contributed by atoms with E-state index in [0.717, 1.165) is 12.8 Å². The molecule has 0 heterocycles. The predicted molar refractivity (Wildman–Crippen MR) is 55.5 cm³/mol. The molecular formula is C12H22O. The highest BCUT2D eigenvalue weighted by atomic mass is 16.1. The molecule has 0 spiro atoms. The first-order valence-corrected chi connectivity index (χ1v) is 5.55. The number of hydrogen-bond donors (Lipinski definition) is 0. The van der Waals surface area contributed by atoms with Crippen LogP contribution < -0.4 is 0 Å². The Labute approximate surface area is 81.9 Å². The Kier molecular flexibility index (Phi) is 3.52. The number of Topliss-reactive ketones (excluding diaryl/α,β-unsaturated/α-hetero) is 1. The molecule has 13 heavy (non-hydrogen) atoms. The predicted octanol–water partition coefficient (Wildman–Crippen LogP) is 3.28. The summed E-state index contributed by atoms with van der Waals surface area (Å²) >= 11 is 0. The van der Waals surface area contributed by atoms with Gasteiger partial charge in [-0.25, -0.2) is 0 Å². The van der Waals surface area contributed by atoms with E-state index < -0.39 is 0 Å². The lowest BCUT2D eigenvalue weighted by molar-refractivity contribution is -0.128. The topological polar surface area (TPSA) is 17.1 Å². The third kappa shape index (κ3) is 2.55. The maximum atomic E-state index is 11.8. The fourth-order valence-corrected chi connectivity index (χ4v) is 2.34. The zero-order valence-electron chi connectivity index (χ0n) is 9.34. The van der Waals surface area contributed by atoms with Gasteiger partial charge in [0.25, 0.3) is 0 Å². The minimum absolute atomic E-state index is 0.356. The van der Waals surface area contributed by atoms with E-state index in [1.54, 1.807) is 0 Å². The van der Waals surface area contributed by atoms with E-state index in [4.69, 9.17) is 0 Å². The minimum Gasteiger partial charge on any atom is -0.299 e. The summed E-state index contributed by atoms with van der Waals surface area (Å²) in [7, 11) is 0. The Morgan fingerprint density at radius 2 is 1.69 bits per heavy atom. The molecule has 0 aromatic heterocycles. The van der Waals surface area contributed by atoms with Crippen LogP contribution in [0.1, 0.15) is 47.0 Å². The molecule has 0 bridgehead atoms. The SMILES string of the molecule is CC(C)C1CCC(C(C)C)C(=O)C1. The van der Waals surface area contributed by atoms with Gasteiger partial charge in [-0.15, -0.1) is 0 Å². The Morgan fingerprint density at radius 3 is 2.08 bits per heavy atom. The van der Waals surface area contributed by atoms with Gasteiger partial charge in [0.1, 0.15) is 5.78 Å². The Bertz CT molecular complexity index is 182. The summed E-state index contributed by atoms with van der Waals surface area (Å²) < 4.78 is 0. The molecule has 0 radical (unpaired) electrons. The normalized spacial score (nSPS) is 30.2. The molecule has 1 aliphatic rings. The van der Waals surface area contributed by atoms with Crippen molar-refractivity contribution in [1.29, 1.82) is 0 Å². The van der Waals surface area contributed by atoms with Gasteiger partial charge in [0.2, 0.25) is 0 Å². The van der Waals surface area contributed by atoms with Crippen molar-refractivity contribution in [1.82, 2.24) is 0 Å². The van der Waals surface area contributed by atoms with E-state index in [-0.39, 0.29) is 0 Å². The van der Waals surface area contributed by atoms with Gasteiger partial charge in [0.15, 0.2) is 0 Å². The van der Waals surface area contributed by atoms with Gasteiger partial charge in [-0.05, 0) is 30.6 Å². The average Bonchev–Trinajstić information content (AvgIpc) is 2.03. The van der Waals surface area contributed by atoms with E-state index in [2.05, 4.69) is 27.7 Å². The molecule has 2 unspecified atom stereocenters. The van der Waals surface area contributed by atoms with E-state index in [9.17, 15) is 4.79 Å². The summed E-state index contributed by atoms with van der Waals surface area (Å²) in [6, 6.07) is 0. The van der Waals surface area contributed by atoms with Crippen LogP contribution in [0.3, 0.4) is 0 Å². The van der Waals surface area contributed by atoms with Crippen LogP contribution in [0.2, 0.25) is 0 Å². The van der Waals surface area contributed by atoms with Crippen LogP contribution in [-0.2, 0) is 4.79 Å². The zero-order chi connectivity index (χ0) is 10.0. The molecule has 2 atom stereocenters. The quantitative estimate of drug-likeness (QED) is 0.640. The maximum absolute atomic E-state index is 11.8. The molecule has 0 aromatic carbocycles. The molecule has 1 aliphatic carbocycles. The molecule has 0 aliphatic heterocycles. The maximum Gasteiger partial charge on any atom is 0.136 e. The number of ketones is 1. The van der Waals surface area contributed by atoms with Crippen LogP contribution in [0.4, 0.5) is 0 Å². The summed E-state index contributed by atoms with van der Waals surface area (Å²) in [6.07, 6.45) is 3.21. The summed E-state index contributed by atoms with van der Waals surface area (Å²) in [4.78, 5) is 11.8. The summed E-state index contributed by atoms with van der Waals surface area (Å²) in [6.45, 7) is 8.79. The third-order valence-electron chi connectivity index (χ3n) is 3.47. The van der Waals surface area contributed by atoms with Gasteiger partial charge in [-0.2, -0.15) is 0 Å². The molecule has 1 heteroatoms. The lowest BCUT2D eigenvalue weighted by atomic mass is 9.73. The van der Waals surface area contributed by atoms with Gasteiger partial charge < -0.3 is 0 Å². The van der Waals surface area contributed by atoms with Crippen molar-refractivity contribution in [2.45, 2.75) is 47.0 Å². The van der Waals surface area contributed by atoms with Crippen molar-refractivity contribution >= 4 is 5.78 Å². The van der Waals surface area contributed by atoms with E-state index in [1.165, 1.54) is 6.42 Å². The highest BCUT2D eigenvalue weighted by Crippen LogP contribution is 2.34. The average molecular weight is 182 g/mol. The van der Waals surface area contributed by atoms with Crippen molar-refractivity contribution in [2.75, 3.05) is 0 Å². The molecule has 0 aromatic rings. The fraction of sp³-hybridized carbons (Fsp3) is 0.917. The lowest BCUT2D eigenvalue weighted by Gasteiger charge is -2.31. The van der Waals surface area contributed by atoms with Crippen LogP contribution in [0.25, 0.3) is 0 Å². The van der Waals surface area contributed by atoms with Crippen LogP contribution in [0.5, 0.6) is 0 Å². The fourth-order valence-electron chi connectivity index (χ4n) is 2.34. The number of rotatable bonds is 2. The summed E-state index contributed by atoms with van der Waals surface area (Å²) in [5.41, 5.74) is 0. The summed E-state index contributed by atoms with van der Waals surface area (Å²) in [5.74, 6) is 2.75. The Morgan fingerprint density at radius 1 is 1.08 bits per heavy atom. The van der Waals surface area contributed by atoms with Crippen molar-refractivity contribution < 1.29 is 4.79 Å². The van der Waals surface area contributed by atoms with Crippen LogP contribution in [0, 0.1) is 23.7 Å². The van der Waals surface area contributed by atoms with E-state index in [0.29, 0.717) is 29.5 Å². The minimum atomic E-state index is 0.356. The number of carbonyl (C=O) groups excluding carboxylic acids is 1. The van der Waals surface area contributed by atoms with E-state index >= 15 is 0 Å². The Hall–Kier alpha value is -0.330. The standard InChI is InChI=1S/C12H22O/c1-8(2)10-5-6-11(9(3)4)12(13)7-10/h8-11H,5-7H2,1-4H3. The largest absolute Gasteiger partial charge is 0.299 e. The molecule has 0 N–H and O–H groups in total. The first kappa shape index (κ1) is 10.7. The third-order valence-corrected chi connectivity index (χ3v) is 3.47. The highest BCUT2D eigenvalue weighted by molar-refractivity contribution is 5.82. The zero-order valence-corrected chi connectivity index (χ0v) is 9.34. The van der Waals surface area contributed by atoms with Gasteiger partial charge >= 0.3 is 0 Å². The molecule has 0 amide bonds. The number of carbonyl (C=O) groups is 1. The second-order valence-corrected chi connectivity index (χ2v) is 5.10. The van der Waals surface area contributed by atoms with Gasteiger partial charge in [0.05, 0.1) is 0 Å². The molecule has 1 rings (SSSR count). The van der Waals surface area contributed by atoms with Gasteiger partial charge in [-0.1, -0.05) is 27.7 Å². The van der Waals surface area contributed by atoms with Gasteiger partial charge in [-0.3, -0.25) is 4.79 Å². The second kappa shape index (κ2) is 4.26. The second-order valence-electron chi connectivity index (χ2n) is 5.10. The highest BCUT2D eigenvalue weighted by Gasteiger charge is 2.31. The van der Waals surface area contributed by atoms with Crippen LogP contribution >= 0.6 is 0 Å². The van der Waals surface area contributed by atoms with Crippen molar-refractivity contribution in [2.24, 2.45) is 23.7 Å². The number of hydrogen-bond acceptors (Lipinski definition) is 1. The lowest BCUT2D eigenvalue weighted by Crippen LogP contribution is -2.30. The molecule has 1 fully saturated rings. The molecular weight excluding hydrogens is 160 g/mol. The Balaban J connectivity index is 2.52. The smallest absolute Gasteiger partial charge is 0.136 e. The van der Waals surface area contributed by atoms with Crippen LogP contribution in [-0.4, -0.2) is 5.78 Å². The monoisotopic (exact) mass is 182 g/mol. The first-order valence-electron chi connectivity index (χ1n) is 5.55. The molecule has 76 valence electrons.